The lowest BCUT2D eigenvalue weighted by atomic mass is 9.85. The summed E-state index contributed by atoms with van der Waals surface area (Å²) in [6.45, 7) is 14.1. The van der Waals surface area contributed by atoms with E-state index in [1.807, 2.05) is 33.8 Å². The highest BCUT2D eigenvalue weighted by molar-refractivity contribution is 5.87. The molecule has 2 rings (SSSR count). The van der Waals surface area contributed by atoms with Gasteiger partial charge in [-0.05, 0) is 74.5 Å². The first-order valence-corrected chi connectivity index (χ1v) is 16.7. The Kier molecular flexibility index (Phi) is 15.9. The third kappa shape index (κ3) is 12.6. The fourth-order valence-corrected chi connectivity index (χ4v) is 6.56. The standard InChI is InChI=1S/C35H60O7/c1-8-28(36)12-10-9-11-25(5)34(40)32-20-27(7)35-31(38)21-29(41-35)16-15-22(2)17-26(6)30(37)18-23(3)13-14-24(4)19-33(39)42-32/h13-14,22-27,29-32,35,37-38H,8-12,15-21H2,1-7H3/b14-13+/t22-,23-,24-,25?,26-,27-,29+,30-,31+,32+,35-/m1/s1. The average molecular weight is 593 g/mol. The largest absolute Gasteiger partial charge is 0.454 e. The molecule has 2 heterocycles. The lowest BCUT2D eigenvalue weighted by Crippen LogP contribution is -2.38. The number of ether oxygens (including phenoxy) is 2. The topological polar surface area (TPSA) is 110 Å². The number of unbranched alkanes of at least 4 members (excludes halogenated alkanes) is 1. The molecule has 0 aliphatic carbocycles. The summed E-state index contributed by atoms with van der Waals surface area (Å²) in [5.41, 5.74) is 0. The second-order valence-corrected chi connectivity index (χ2v) is 13.9. The zero-order valence-corrected chi connectivity index (χ0v) is 27.4. The molecule has 1 saturated heterocycles. The van der Waals surface area contributed by atoms with E-state index in [1.165, 1.54) is 0 Å². The molecule has 0 radical (unpaired) electrons. The second-order valence-electron chi connectivity index (χ2n) is 13.9. The molecule has 2 aliphatic rings. The van der Waals surface area contributed by atoms with Crippen molar-refractivity contribution in [2.45, 2.75) is 156 Å². The van der Waals surface area contributed by atoms with E-state index in [4.69, 9.17) is 9.47 Å². The second kappa shape index (κ2) is 18.3. The number of rotatable bonds is 8. The van der Waals surface area contributed by atoms with Crippen molar-refractivity contribution in [3.8, 4) is 0 Å². The summed E-state index contributed by atoms with van der Waals surface area (Å²) in [4.78, 5) is 38.3. The lowest BCUT2D eigenvalue weighted by molar-refractivity contribution is -0.159. The fourth-order valence-electron chi connectivity index (χ4n) is 6.56. The Hall–Kier alpha value is -1.57. The van der Waals surface area contributed by atoms with Gasteiger partial charge in [-0.1, -0.05) is 67.0 Å². The van der Waals surface area contributed by atoms with Crippen LogP contribution in [0.3, 0.4) is 0 Å². The Labute approximate surface area is 255 Å². The van der Waals surface area contributed by atoms with Crippen molar-refractivity contribution < 1.29 is 34.1 Å². The van der Waals surface area contributed by atoms with Gasteiger partial charge in [-0.3, -0.25) is 14.4 Å². The van der Waals surface area contributed by atoms with Crippen molar-refractivity contribution in [2.24, 2.45) is 35.5 Å². The molecule has 7 heteroatoms. The molecular weight excluding hydrogens is 532 g/mol. The normalized spacial score (nSPS) is 37.4. The van der Waals surface area contributed by atoms with Gasteiger partial charge in [0.1, 0.15) is 5.78 Å². The number of carbonyl (C=O) groups is 3. The molecule has 0 saturated carbocycles. The summed E-state index contributed by atoms with van der Waals surface area (Å²) in [5, 5.41) is 21.7. The van der Waals surface area contributed by atoms with Crippen molar-refractivity contribution in [2.75, 3.05) is 0 Å². The third-order valence-electron chi connectivity index (χ3n) is 9.48. The number of aliphatic hydroxyl groups is 2. The maximum absolute atomic E-state index is 13.6. The van der Waals surface area contributed by atoms with Crippen LogP contribution < -0.4 is 0 Å². The van der Waals surface area contributed by atoms with E-state index in [1.54, 1.807) is 0 Å². The fraction of sp³-hybridized carbons (Fsp3) is 0.857. The van der Waals surface area contributed by atoms with Crippen LogP contribution in [0.5, 0.6) is 0 Å². The minimum Gasteiger partial charge on any atom is -0.454 e. The Morgan fingerprint density at radius 3 is 2.29 bits per heavy atom. The summed E-state index contributed by atoms with van der Waals surface area (Å²) in [6.07, 6.45) is 9.38. The molecule has 2 aliphatic heterocycles. The van der Waals surface area contributed by atoms with Crippen molar-refractivity contribution in [3.05, 3.63) is 12.2 Å². The van der Waals surface area contributed by atoms with Gasteiger partial charge in [-0.2, -0.15) is 0 Å². The van der Waals surface area contributed by atoms with Crippen molar-refractivity contribution in [3.63, 3.8) is 0 Å². The molecule has 2 bridgehead atoms. The summed E-state index contributed by atoms with van der Waals surface area (Å²) in [7, 11) is 0. The summed E-state index contributed by atoms with van der Waals surface area (Å²) in [5.74, 6) is -0.00805. The van der Waals surface area contributed by atoms with Crippen LogP contribution in [0.25, 0.3) is 0 Å². The quantitative estimate of drug-likeness (QED) is 0.185. The van der Waals surface area contributed by atoms with E-state index in [2.05, 4.69) is 26.8 Å². The predicted octanol–water partition coefficient (Wildman–Crippen LogP) is 6.61. The number of esters is 1. The Balaban J connectivity index is 2.18. The van der Waals surface area contributed by atoms with Crippen LogP contribution in [-0.4, -0.2) is 58.3 Å². The molecule has 0 amide bonds. The first-order valence-electron chi connectivity index (χ1n) is 16.7. The van der Waals surface area contributed by atoms with Crippen molar-refractivity contribution >= 4 is 17.5 Å². The van der Waals surface area contributed by atoms with E-state index in [0.717, 1.165) is 32.1 Å². The molecule has 0 aromatic heterocycles. The average Bonchev–Trinajstić information content (AvgIpc) is 3.31. The molecule has 0 aromatic carbocycles. The molecule has 2 N–H and O–H groups in total. The van der Waals surface area contributed by atoms with E-state index in [9.17, 15) is 24.6 Å². The number of hydrogen-bond acceptors (Lipinski definition) is 7. The van der Waals surface area contributed by atoms with E-state index < -0.39 is 30.4 Å². The zero-order chi connectivity index (χ0) is 31.4. The first kappa shape index (κ1) is 36.6. The van der Waals surface area contributed by atoms with Gasteiger partial charge in [0, 0.05) is 25.2 Å². The van der Waals surface area contributed by atoms with Gasteiger partial charge < -0.3 is 19.7 Å². The van der Waals surface area contributed by atoms with Gasteiger partial charge in [0.2, 0.25) is 0 Å². The third-order valence-corrected chi connectivity index (χ3v) is 9.48. The highest BCUT2D eigenvalue weighted by atomic mass is 16.5. The molecule has 1 unspecified atom stereocenters. The Morgan fingerprint density at radius 2 is 1.60 bits per heavy atom. The minimum atomic E-state index is -0.896. The molecule has 242 valence electrons. The van der Waals surface area contributed by atoms with Crippen LogP contribution in [0.2, 0.25) is 0 Å². The van der Waals surface area contributed by atoms with Crippen LogP contribution >= 0.6 is 0 Å². The number of hydrogen-bond donors (Lipinski definition) is 2. The molecule has 0 spiro atoms. The Morgan fingerprint density at radius 1 is 0.905 bits per heavy atom. The number of carbonyl (C=O) groups excluding carboxylic acids is 3. The van der Waals surface area contributed by atoms with E-state index >= 15 is 0 Å². The molecular formula is C35H60O7. The zero-order valence-electron chi connectivity index (χ0n) is 27.4. The van der Waals surface area contributed by atoms with Crippen LogP contribution in [0.15, 0.2) is 12.2 Å². The van der Waals surface area contributed by atoms with Crippen LogP contribution in [0, 0.1) is 35.5 Å². The maximum Gasteiger partial charge on any atom is 0.307 e. The SMILES string of the molecule is CCC(=O)CCCCC(C)C(=O)[C@@H]1C[C@@H](C)[C@H]2O[C@@H](CC[C@@H](C)C[C@@H](C)[C@H](O)C[C@H](C)/C=C/[C@@H](C)CC(=O)O1)C[C@@H]2O. The molecule has 0 aromatic rings. The molecule has 42 heavy (non-hydrogen) atoms. The summed E-state index contributed by atoms with van der Waals surface area (Å²) in [6, 6.07) is 0. The van der Waals surface area contributed by atoms with Gasteiger partial charge in [0.25, 0.3) is 0 Å². The van der Waals surface area contributed by atoms with Gasteiger partial charge in [0.15, 0.2) is 11.9 Å². The van der Waals surface area contributed by atoms with Gasteiger partial charge in [-0.25, -0.2) is 0 Å². The van der Waals surface area contributed by atoms with Crippen molar-refractivity contribution in [1.29, 1.82) is 0 Å². The number of Topliss-reactive ketones (excluding diaryl/α,β-unsaturated/α-hetero) is 2. The monoisotopic (exact) mass is 592 g/mol. The van der Waals surface area contributed by atoms with Crippen LogP contribution in [-0.2, 0) is 23.9 Å². The van der Waals surface area contributed by atoms with Gasteiger partial charge in [0.05, 0.1) is 30.8 Å². The number of ketones is 2. The molecule has 7 nitrogen and oxygen atoms in total. The van der Waals surface area contributed by atoms with Crippen LogP contribution in [0.4, 0.5) is 0 Å². The smallest absolute Gasteiger partial charge is 0.307 e. The number of fused-ring (bicyclic) bond motifs is 2. The van der Waals surface area contributed by atoms with E-state index in [-0.39, 0.29) is 53.7 Å². The number of cyclic esters (lactones) is 1. The van der Waals surface area contributed by atoms with Gasteiger partial charge >= 0.3 is 5.97 Å². The van der Waals surface area contributed by atoms with E-state index in [0.29, 0.717) is 44.4 Å². The maximum atomic E-state index is 13.6. The summed E-state index contributed by atoms with van der Waals surface area (Å²) < 4.78 is 12.2. The van der Waals surface area contributed by atoms with Crippen LogP contribution in [0.1, 0.15) is 126 Å². The lowest BCUT2D eigenvalue weighted by Gasteiger charge is -2.28. The van der Waals surface area contributed by atoms with Gasteiger partial charge in [-0.15, -0.1) is 0 Å². The minimum absolute atomic E-state index is 0.0480. The molecule has 1 fully saturated rings. The number of allylic oxidation sites excluding steroid dienone is 2. The summed E-state index contributed by atoms with van der Waals surface area (Å²) >= 11 is 0. The predicted molar refractivity (Wildman–Crippen MR) is 166 cm³/mol. The first-order chi connectivity index (χ1) is 19.8. The van der Waals surface area contributed by atoms with Crippen molar-refractivity contribution in [1.82, 2.24) is 0 Å². The highest BCUT2D eigenvalue weighted by Gasteiger charge is 2.40. The highest BCUT2D eigenvalue weighted by Crippen LogP contribution is 2.33. The number of aliphatic hydroxyl groups excluding tert-OH is 2. The Bertz CT molecular complexity index is 869. The molecule has 11 atom stereocenters.